The first-order valence-corrected chi connectivity index (χ1v) is 14.3. The Bertz CT molecular complexity index is 1350. The van der Waals surface area contributed by atoms with E-state index in [2.05, 4.69) is 50.2 Å². The van der Waals surface area contributed by atoms with Gasteiger partial charge in [-0.3, -0.25) is 4.90 Å². The number of halogens is 1. The third-order valence-corrected chi connectivity index (χ3v) is 7.96. The van der Waals surface area contributed by atoms with Crippen molar-refractivity contribution in [3.05, 3.63) is 106 Å². The summed E-state index contributed by atoms with van der Waals surface area (Å²) in [5.41, 5.74) is 4.85. The van der Waals surface area contributed by atoms with Crippen LogP contribution >= 0.6 is 11.6 Å². The van der Waals surface area contributed by atoms with E-state index >= 15 is 0 Å². The zero-order chi connectivity index (χ0) is 27.9. The number of carbonyl (C=O) groups is 1. The van der Waals surface area contributed by atoms with Crippen LogP contribution in [0.1, 0.15) is 85.2 Å². The Kier molecular flexibility index (Phi) is 9.08. The van der Waals surface area contributed by atoms with Gasteiger partial charge in [-0.2, -0.15) is 5.21 Å². The molecule has 9 heteroatoms. The van der Waals surface area contributed by atoms with Crippen molar-refractivity contribution in [1.29, 1.82) is 0 Å². The van der Waals surface area contributed by atoms with Crippen LogP contribution in [-0.4, -0.2) is 31.8 Å². The molecule has 2 atom stereocenters. The SMILES string of the molecule is C[C@H](NC(=O)N(Cc1ccc([C@H](O)Cc2nn[nH]n2)cc1)c1ccc(C2CCCCC2)cc1)c1ccc(Cl)cc1. The van der Waals surface area contributed by atoms with E-state index in [1.807, 2.05) is 55.5 Å². The van der Waals surface area contributed by atoms with Crippen molar-refractivity contribution < 1.29 is 9.90 Å². The molecule has 208 valence electrons. The fourth-order valence-corrected chi connectivity index (χ4v) is 5.45. The Hall–Kier alpha value is -3.75. The molecule has 0 unspecified atom stereocenters. The molecule has 1 aliphatic rings. The van der Waals surface area contributed by atoms with Gasteiger partial charge in [0, 0.05) is 17.1 Å². The summed E-state index contributed by atoms with van der Waals surface area (Å²) in [6.07, 6.45) is 5.85. The van der Waals surface area contributed by atoms with Crippen molar-refractivity contribution in [3.63, 3.8) is 0 Å². The molecule has 1 aliphatic carbocycles. The summed E-state index contributed by atoms with van der Waals surface area (Å²) in [5, 5.41) is 28.2. The number of aliphatic hydroxyl groups excluding tert-OH is 1. The van der Waals surface area contributed by atoms with Gasteiger partial charge in [0.2, 0.25) is 0 Å². The van der Waals surface area contributed by atoms with E-state index in [0.29, 0.717) is 23.3 Å². The Balaban J connectivity index is 1.33. The van der Waals surface area contributed by atoms with Crippen LogP contribution < -0.4 is 10.2 Å². The molecule has 1 heterocycles. The number of aromatic amines is 1. The summed E-state index contributed by atoms with van der Waals surface area (Å²) in [6, 6.07) is 23.2. The summed E-state index contributed by atoms with van der Waals surface area (Å²) in [5.74, 6) is 1.05. The second-order valence-electron chi connectivity index (χ2n) is 10.5. The van der Waals surface area contributed by atoms with E-state index in [1.165, 1.54) is 37.7 Å². The molecule has 8 nitrogen and oxygen atoms in total. The maximum absolute atomic E-state index is 13.7. The van der Waals surface area contributed by atoms with E-state index in [9.17, 15) is 9.90 Å². The lowest BCUT2D eigenvalue weighted by Gasteiger charge is -2.27. The monoisotopic (exact) mass is 558 g/mol. The summed E-state index contributed by atoms with van der Waals surface area (Å²) in [6.45, 7) is 2.34. The number of rotatable bonds is 9. The molecule has 1 aromatic heterocycles. The molecule has 0 saturated heterocycles. The first-order chi connectivity index (χ1) is 19.5. The number of benzene rings is 3. The van der Waals surface area contributed by atoms with Gasteiger partial charge in [-0.25, -0.2) is 4.79 Å². The number of nitrogens with one attached hydrogen (secondary N) is 2. The number of hydrogen-bond acceptors (Lipinski definition) is 5. The predicted molar refractivity (Wildman–Crippen MR) is 156 cm³/mol. The number of tetrazole rings is 1. The Labute approximate surface area is 239 Å². The smallest absolute Gasteiger partial charge is 0.322 e. The van der Waals surface area contributed by atoms with Crippen LogP contribution in [0, 0.1) is 0 Å². The van der Waals surface area contributed by atoms with Gasteiger partial charge in [0.1, 0.15) is 0 Å². The highest BCUT2D eigenvalue weighted by molar-refractivity contribution is 6.30. The zero-order valence-electron chi connectivity index (χ0n) is 22.6. The molecular formula is C31H35ClN6O2. The van der Waals surface area contributed by atoms with Crippen LogP contribution in [0.25, 0.3) is 0 Å². The van der Waals surface area contributed by atoms with Crippen molar-refractivity contribution in [3.8, 4) is 0 Å². The molecular weight excluding hydrogens is 524 g/mol. The third kappa shape index (κ3) is 7.06. The highest BCUT2D eigenvalue weighted by atomic mass is 35.5. The highest BCUT2D eigenvalue weighted by Gasteiger charge is 2.21. The molecule has 0 aliphatic heterocycles. The zero-order valence-corrected chi connectivity index (χ0v) is 23.4. The van der Waals surface area contributed by atoms with Crippen LogP contribution in [0.2, 0.25) is 5.02 Å². The Morgan fingerprint density at radius 3 is 2.33 bits per heavy atom. The van der Waals surface area contributed by atoms with Crippen LogP contribution in [0.15, 0.2) is 72.8 Å². The number of aliphatic hydroxyl groups is 1. The lowest BCUT2D eigenvalue weighted by molar-refractivity contribution is 0.176. The van der Waals surface area contributed by atoms with Gasteiger partial charge >= 0.3 is 6.03 Å². The van der Waals surface area contributed by atoms with E-state index < -0.39 is 6.10 Å². The van der Waals surface area contributed by atoms with Gasteiger partial charge in [-0.15, -0.1) is 10.2 Å². The second-order valence-corrected chi connectivity index (χ2v) is 11.0. The van der Waals surface area contributed by atoms with Crippen molar-refractivity contribution in [2.45, 2.75) is 70.1 Å². The number of anilines is 1. The first kappa shape index (κ1) is 27.8. The normalized spacial score (nSPS) is 15.4. The van der Waals surface area contributed by atoms with Crippen molar-refractivity contribution in [2.24, 2.45) is 0 Å². The molecule has 40 heavy (non-hydrogen) atoms. The number of amides is 2. The predicted octanol–water partition coefficient (Wildman–Crippen LogP) is 6.65. The van der Waals surface area contributed by atoms with Crippen molar-refractivity contribution in [2.75, 3.05) is 4.90 Å². The number of nitrogens with zero attached hydrogens (tertiary/aromatic N) is 4. The Morgan fingerprint density at radius 1 is 1.00 bits per heavy atom. The highest BCUT2D eigenvalue weighted by Crippen LogP contribution is 2.33. The fourth-order valence-electron chi connectivity index (χ4n) is 5.33. The van der Waals surface area contributed by atoms with Crippen LogP contribution in [0.4, 0.5) is 10.5 Å². The second kappa shape index (κ2) is 13.1. The topological polar surface area (TPSA) is 107 Å². The minimum absolute atomic E-state index is 0.186. The number of H-pyrrole nitrogens is 1. The summed E-state index contributed by atoms with van der Waals surface area (Å²) in [7, 11) is 0. The standard InChI is InChI=1S/C31H35ClN6O2/c1-21(23-11-15-27(32)16-12-23)33-31(40)38(28-17-13-25(14-18-28)24-5-3-2-4-6-24)20-22-7-9-26(10-8-22)29(39)19-30-34-36-37-35-30/h7-18,21,24,29,39H,2-6,19-20H2,1H3,(H,33,40)(H,34,35,36,37)/t21-,29+/m0/s1. The van der Waals surface area contributed by atoms with E-state index in [4.69, 9.17) is 11.6 Å². The Morgan fingerprint density at radius 2 is 1.68 bits per heavy atom. The van der Waals surface area contributed by atoms with Crippen LogP contribution in [0.5, 0.6) is 0 Å². The summed E-state index contributed by atoms with van der Waals surface area (Å²) >= 11 is 6.06. The van der Waals surface area contributed by atoms with Gasteiger partial charge in [-0.1, -0.05) is 84.6 Å². The lowest BCUT2D eigenvalue weighted by Crippen LogP contribution is -2.40. The first-order valence-electron chi connectivity index (χ1n) is 13.9. The quantitative estimate of drug-likeness (QED) is 0.213. The van der Waals surface area contributed by atoms with Gasteiger partial charge in [0.25, 0.3) is 0 Å². The fraction of sp³-hybridized carbons (Fsp3) is 0.355. The average Bonchev–Trinajstić information content (AvgIpc) is 3.50. The maximum atomic E-state index is 13.7. The molecule has 3 N–H and O–H groups in total. The number of aromatic nitrogens is 4. The molecule has 1 fully saturated rings. The number of carbonyl (C=O) groups excluding carboxylic acids is 1. The molecule has 0 spiro atoms. The van der Waals surface area contributed by atoms with Gasteiger partial charge in [0.05, 0.1) is 18.7 Å². The average molecular weight is 559 g/mol. The molecule has 4 aromatic rings. The molecule has 1 saturated carbocycles. The van der Waals surface area contributed by atoms with Gasteiger partial charge in [0.15, 0.2) is 5.82 Å². The van der Waals surface area contributed by atoms with E-state index in [-0.39, 0.29) is 18.5 Å². The minimum atomic E-state index is -0.751. The van der Waals surface area contributed by atoms with Crippen LogP contribution in [-0.2, 0) is 13.0 Å². The van der Waals surface area contributed by atoms with Gasteiger partial charge in [-0.05, 0) is 72.2 Å². The molecule has 5 rings (SSSR count). The van der Waals surface area contributed by atoms with Crippen molar-refractivity contribution >= 4 is 23.3 Å². The molecule has 0 radical (unpaired) electrons. The van der Waals surface area contributed by atoms with Crippen molar-refractivity contribution in [1.82, 2.24) is 25.9 Å². The summed E-state index contributed by atoms with van der Waals surface area (Å²) < 4.78 is 0. The third-order valence-electron chi connectivity index (χ3n) is 7.71. The summed E-state index contributed by atoms with van der Waals surface area (Å²) in [4.78, 5) is 15.4. The van der Waals surface area contributed by atoms with Gasteiger partial charge < -0.3 is 10.4 Å². The largest absolute Gasteiger partial charge is 0.388 e. The van der Waals surface area contributed by atoms with Crippen LogP contribution in [0.3, 0.4) is 0 Å². The maximum Gasteiger partial charge on any atom is 0.322 e. The number of urea groups is 1. The molecule has 0 bridgehead atoms. The lowest BCUT2D eigenvalue weighted by atomic mass is 9.84. The molecule has 3 aromatic carbocycles. The van der Waals surface area contributed by atoms with E-state index in [1.54, 1.807) is 4.90 Å². The molecule has 2 amide bonds. The van der Waals surface area contributed by atoms with E-state index in [0.717, 1.165) is 22.4 Å². The number of hydrogen-bond donors (Lipinski definition) is 3. The minimum Gasteiger partial charge on any atom is -0.388 e.